The van der Waals surface area contributed by atoms with E-state index in [1.807, 2.05) is 0 Å². The van der Waals surface area contributed by atoms with Gasteiger partial charge in [-0.2, -0.15) is 0 Å². The molecule has 5 nitrogen and oxygen atoms in total. The standard InChI is InChI=1S/C8H14O5S/c1-13-8(10)6-2-4-14(11,12)5-3-7(6)9/h6-7,9H,2-5H2,1H3/t6-,7-/m0/s1. The first-order chi connectivity index (χ1) is 6.46. The molecule has 1 saturated heterocycles. The van der Waals surface area contributed by atoms with Crippen LogP contribution in [0.1, 0.15) is 12.8 Å². The summed E-state index contributed by atoms with van der Waals surface area (Å²) in [5.74, 6) is -1.34. The lowest BCUT2D eigenvalue weighted by Gasteiger charge is -2.16. The summed E-state index contributed by atoms with van der Waals surface area (Å²) in [5, 5.41) is 9.52. The number of aliphatic hydroxyl groups excluding tert-OH is 1. The van der Waals surface area contributed by atoms with Crippen molar-refractivity contribution in [1.82, 2.24) is 0 Å². The van der Waals surface area contributed by atoms with Crippen LogP contribution in [0.5, 0.6) is 0 Å². The third-order valence-electron chi connectivity index (χ3n) is 2.43. The molecule has 0 aliphatic carbocycles. The zero-order valence-corrected chi connectivity index (χ0v) is 8.79. The normalized spacial score (nSPS) is 31.9. The highest BCUT2D eigenvalue weighted by atomic mass is 32.2. The summed E-state index contributed by atoms with van der Waals surface area (Å²) in [4.78, 5) is 11.2. The van der Waals surface area contributed by atoms with Gasteiger partial charge >= 0.3 is 5.97 Å². The number of methoxy groups -OCH3 is 1. The molecule has 82 valence electrons. The summed E-state index contributed by atoms with van der Waals surface area (Å²) in [6.45, 7) is 0. The van der Waals surface area contributed by atoms with Gasteiger partial charge in [-0.05, 0) is 12.8 Å². The molecule has 0 aromatic heterocycles. The Balaban J connectivity index is 2.75. The number of hydrogen-bond acceptors (Lipinski definition) is 5. The molecule has 1 aliphatic heterocycles. The van der Waals surface area contributed by atoms with Crippen LogP contribution in [-0.4, -0.2) is 44.2 Å². The van der Waals surface area contributed by atoms with Gasteiger partial charge in [0.1, 0.15) is 9.84 Å². The zero-order chi connectivity index (χ0) is 10.8. The van der Waals surface area contributed by atoms with Crippen molar-refractivity contribution in [1.29, 1.82) is 0 Å². The smallest absolute Gasteiger partial charge is 0.311 e. The maximum Gasteiger partial charge on any atom is 0.311 e. The summed E-state index contributed by atoms with van der Waals surface area (Å²) in [5.41, 5.74) is 0. The minimum Gasteiger partial charge on any atom is -0.469 e. The number of esters is 1. The van der Waals surface area contributed by atoms with Crippen LogP contribution < -0.4 is 0 Å². The fourth-order valence-electron chi connectivity index (χ4n) is 1.53. The lowest BCUT2D eigenvalue weighted by Crippen LogP contribution is -2.28. The minimum absolute atomic E-state index is 0.0518. The molecule has 2 atom stereocenters. The first-order valence-corrected chi connectivity index (χ1v) is 6.25. The monoisotopic (exact) mass is 222 g/mol. The SMILES string of the molecule is COC(=O)[C@H]1CCS(=O)(=O)CC[C@@H]1O. The number of hydrogen-bond donors (Lipinski definition) is 1. The van der Waals surface area contributed by atoms with Gasteiger partial charge in [0.05, 0.1) is 30.6 Å². The van der Waals surface area contributed by atoms with Gasteiger partial charge < -0.3 is 9.84 Å². The van der Waals surface area contributed by atoms with Crippen molar-refractivity contribution in [3.63, 3.8) is 0 Å². The number of carbonyl (C=O) groups excluding carboxylic acids is 1. The molecule has 1 aliphatic rings. The number of ether oxygens (including phenoxy) is 1. The lowest BCUT2D eigenvalue weighted by atomic mass is 9.98. The second-order valence-corrected chi connectivity index (χ2v) is 5.73. The van der Waals surface area contributed by atoms with E-state index in [2.05, 4.69) is 4.74 Å². The maximum atomic E-state index is 11.2. The predicted octanol–water partition coefficient (Wildman–Crippen LogP) is -0.655. The van der Waals surface area contributed by atoms with Crippen LogP contribution in [0, 0.1) is 5.92 Å². The molecule has 1 heterocycles. The van der Waals surface area contributed by atoms with Crippen molar-refractivity contribution in [3.05, 3.63) is 0 Å². The Kier molecular flexibility index (Phi) is 3.49. The predicted molar refractivity (Wildman–Crippen MR) is 49.4 cm³/mol. The fourth-order valence-corrected chi connectivity index (χ4v) is 2.95. The van der Waals surface area contributed by atoms with E-state index >= 15 is 0 Å². The van der Waals surface area contributed by atoms with Crippen LogP contribution in [0.4, 0.5) is 0 Å². The minimum atomic E-state index is -3.09. The molecule has 0 unspecified atom stereocenters. The Bertz CT molecular complexity index is 308. The van der Waals surface area contributed by atoms with Crippen molar-refractivity contribution < 1.29 is 23.1 Å². The van der Waals surface area contributed by atoms with E-state index in [-0.39, 0.29) is 24.3 Å². The molecular formula is C8H14O5S. The molecule has 0 saturated carbocycles. The Morgan fingerprint density at radius 1 is 1.36 bits per heavy atom. The van der Waals surface area contributed by atoms with Crippen molar-refractivity contribution in [2.24, 2.45) is 5.92 Å². The molecule has 0 amide bonds. The third-order valence-corrected chi connectivity index (χ3v) is 4.15. The van der Waals surface area contributed by atoms with E-state index in [1.165, 1.54) is 7.11 Å². The van der Waals surface area contributed by atoms with E-state index in [0.717, 1.165) is 0 Å². The number of rotatable bonds is 1. The van der Waals surface area contributed by atoms with Gasteiger partial charge in [-0.1, -0.05) is 0 Å². The van der Waals surface area contributed by atoms with E-state index in [4.69, 9.17) is 0 Å². The van der Waals surface area contributed by atoms with Crippen LogP contribution >= 0.6 is 0 Å². The quantitative estimate of drug-likeness (QED) is 0.596. The van der Waals surface area contributed by atoms with Crippen molar-refractivity contribution in [2.75, 3.05) is 18.6 Å². The summed E-state index contributed by atoms with van der Waals surface area (Å²) in [7, 11) is -1.86. The summed E-state index contributed by atoms with van der Waals surface area (Å²) < 4.78 is 26.9. The highest BCUT2D eigenvalue weighted by Gasteiger charge is 2.33. The Morgan fingerprint density at radius 2 is 1.93 bits per heavy atom. The van der Waals surface area contributed by atoms with Gasteiger partial charge in [0.25, 0.3) is 0 Å². The number of aliphatic hydroxyl groups is 1. The van der Waals surface area contributed by atoms with Gasteiger partial charge in [0.2, 0.25) is 0 Å². The molecule has 0 bridgehead atoms. The number of sulfone groups is 1. The summed E-state index contributed by atoms with van der Waals surface area (Å²) >= 11 is 0. The van der Waals surface area contributed by atoms with Gasteiger partial charge in [-0.3, -0.25) is 4.79 Å². The average Bonchev–Trinajstić information content (AvgIpc) is 2.26. The van der Waals surface area contributed by atoms with Crippen LogP contribution in [0.25, 0.3) is 0 Å². The highest BCUT2D eigenvalue weighted by Crippen LogP contribution is 2.20. The fraction of sp³-hybridized carbons (Fsp3) is 0.875. The Labute approximate surface area is 83.0 Å². The molecule has 0 aromatic carbocycles. The largest absolute Gasteiger partial charge is 0.469 e. The Morgan fingerprint density at radius 3 is 2.50 bits per heavy atom. The van der Waals surface area contributed by atoms with Crippen LogP contribution in [0.3, 0.4) is 0 Å². The van der Waals surface area contributed by atoms with Crippen molar-refractivity contribution in [3.8, 4) is 0 Å². The van der Waals surface area contributed by atoms with Gasteiger partial charge in [-0.25, -0.2) is 8.42 Å². The van der Waals surface area contributed by atoms with E-state index < -0.39 is 27.8 Å². The highest BCUT2D eigenvalue weighted by molar-refractivity contribution is 7.91. The van der Waals surface area contributed by atoms with Crippen LogP contribution in [0.2, 0.25) is 0 Å². The van der Waals surface area contributed by atoms with Crippen LogP contribution in [0.15, 0.2) is 0 Å². The first kappa shape index (κ1) is 11.5. The van der Waals surface area contributed by atoms with Gasteiger partial charge in [-0.15, -0.1) is 0 Å². The second-order valence-electron chi connectivity index (χ2n) is 3.43. The van der Waals surface area contributed by atoms with E-state index in [1.54, 1.807) is 0 Å². The second kappa shape index (κ2) is 4.27. The lowest BCUT2D eigenvalue weighted by molar-refractivity contribution is -0.149. The first-order valence-electron chi connectivity index (χ1n) is 4.42. The van der Waals surface area contributed by atoms with E-state index in [9.17, 15) is 18.3 Å². The molecule has 0 radical (unpaired) electrons. The molecule has 1 fully saturated rings. The number of carbonyl (C=O) groups is 1. The van der Waals surface area contributed by atoms with Crippen molar-refractivity contribution in [2.45, 2.75) is 18.9 Å². The summed E-state index contributed by atoms with van der Waals surface area (Å²) in [6.07, 6.45) is -0.641. The van der Waals surface area contributed by atoms with Gasteiger partial charge in [0.15, 0.2) is 0 Å². The van der Waals surface area contributed by atoms with Gasteiger partial charge in [0, 0.05) is 0 Å². The van der Waals surface area contributed by atoms with Crippen molar-refractivity contribution >= 4 is 15.8 Å². The molecule has 14 heavy (non-hydrogen) atoms. The van der Waals surface area contributed by atoms with Crippen LogP contribution in [-0.2, 0) is 19.4 Å². The molecule has 0 spiro atoms. The third kappa shape index (κ3) is 2.68. The molecule has 6 heteroatoms. The molecule has 0 aromatic rings. The summed E-state index contributed by atoms with van der Waals surface area (Å²) in [6, 6.07) is 0. The van der Waals surface area contributed by atoms with E-state index in [0.29, 0.717) is 0 Å². The topological polar surface area (TPSA) is 80.7 Å². The molecule has 1 rings (SSSR count). The molecule has 1 N–H and O–H groups in total. The zero-order valence-electron chi connectivity index (χ0n) is 7.97. The maximum absolute atomic E-state index is 11.2. The molecular weight excluding hydrogens is 208 g/mol. The Hall–Kier alpha value is -0.620. The average molecular weight is 222 g/mol.